The summed E-state index contributed by atoms with van der Waals surface area (Å²) in [5.74, 6) is 1.31. The Bertz CT molecular complexity index is 612. The number of nitrogens with zero attached hydrogens (tertiary/aromatic N) is 2. The molecule has 6 heteroatoms. The summed E-state index contributed by atoms with van der Waals surface area (Å²) >= 11 is 1.73. The van der Waals surface area contributed by atoms with Crippen LogP contribution in [0.4, 0.5) is 0 Å². The Morgan fingerprint density at radius 3 is 3.10 bits per heavy atom. The largest absolute Gasteiger partial charge is 0.465 e. The highest BCUT2D eigenvalue weighted by Crippen LogP contribution is 2.16. The summed E-state index contributed by atoms with van der Waals surface area (Å²) in [6.45, 7) is 4.21. The lowest BCUT2D eigenvalue weighted by atomic mass is 10.2. The third-order valence-electron chi connectivity index (χ3n) is 3.14. The lowest BCUT2D eigenvalue weighted by Crippen LogP contribution is -2.32. The Labute approximate surface area is 128 Å². The van der Waals surface area contributed by atoms with Gasteiger partial charge in [0.15, 0.2) is 0 Å². The van der Waals surface area contributed by atoms with Gasteiger partial charge in [-0.15, -0.1) is 0 Å². The Hall–Kier alpha value is -1.53. The highest BCUT2D eigenvalue weighted by Gasteiger charge is 2.14. The van der Waals surface area contributed by atoms with Crippen molar-refractivity contribution < 1.29 is 9.53 Å². The molecule has 0 aliphatic carbocycles. The van der Waals surface area contributed by atoms with Gasteiger partial charge >= 0.3 is 5.97 Å². The van der Waals surface area contributed by atoms with E-state index in [4.69, 9.17) is 10.5 Å². The van der Waals surface area contributed by atoms with E-state index in [9.17, 15) is 4.79 Å². The van der Waals surface area contributed by atoms with Gasteiger partial charge in [-0.3, -0.25) is 4.79 Å². The molecule has 5 nitrogen and oxygen atoms in total. The van der Waals surface area contributed by atoms with E-state index < -0.39 is 6.04 Å². The fraction of sp³-hybridized carbons (Fsp3) is 0.467. The molecule has 0 spiro atoms. The molecule has 0 bridgehead atoms. The summed E-state index contributed by atoms with van der Waals surface area (Å²) in [5, 5.41) is 0. The summed E-state index contributed by atoms with van der Waals surface area (Å²) in [7, 11) is 0. The Kier molecular flexibility index (Phi) is 5.64. The first-order valence-electron chi connectivity index (χ1n) is 7.05. The van der Waals surface area contributed by atoms with E-state index in [0.29, 0.717) is 13.0 Å². The lowest BCUT2D eigenvalue weighted by molar-refractivity contribution is -0.144. The number of aryl methyl sites for hydroxylation is 1. The molecule has 0 saturated carbocycles. The normalized spacial score (nSPS) is 12.5. The van der Waals surface area contributed by atoms with Gasteiger partial charge in [0.25, 0.3) is 0 Å². The van der Waals surface area contributed by atoms with Crippen LogP contribution < -0.4 is 5.73 Å². The number of hydrogen-bond donors (Lipinski definition) is 1. The van der Waals surface area contributed by atoms with Gasteiger partial charge in [-0.2, -0.15) is 11.8 Å². The highest BCUT2D eigenvalue weighted by molar-refractivity contribution is 7.98. The molecule has 21 heavy (non-hydrogen) atoms. The van der Waals surface area contributed by atoms with Crippen molar-refractivity contribution in [2.45, 2.75) is 32.1 Å². The molecule has 2 rings (SSSR count). The van der Waals surface area contributed by atoms with Crippen molar-refractivity contribution in [3.05, 3.63) is 35.8 Å². The number of esters is 1. The zero-order chi connectivity index (χ0) is 15.2. The molecule has 114 valence electrons. The van der Waals surface area contributed by atoms with Gasteiger partial charge in [-0.05, 0) is 37.7 Å². The van der Waals surface area contributed by atoms with Gasteiger partial charge in [0.05, 0.1) is 12.3 Å². The number of carbonyl (C=O) groups is 1. The van der Waals surface area contributed by atoms with Crippen molar-refractivity contribution in [3.8, 4) is 0 Å². The summed E-state index contributed by atoms with van der Waals surface area (Å²) < 4.78 is 6.92. The fourth-order valence-electron chi connectivity index (χ4n) is 2.03. The molecule has 1 unspecified atom stereocenters. The van der Waals surface area contributed by atoms with Crippen molar-refractivity contribution >= 4 is 23.4 Å². The molecule has 0 aliphatic heterocycles. The van der Waals surface area contributed by atoms with Crippen LogP contribution in [-0.2, 0) is 15.3 Å². The first-order chi connectivity index (χ1) is 10.1. The maximum absolute atomic E-state index is 11.4. The van der Waals surface area contributed by atoms with Gasteiger partial charge in [-0.1, -0.05) is 6.07 Å². The lowest BCUT2D eigenvalue weighted by Gasteiger charge is -2.09. The topological polar surface area (TPSA) is 69.6 Å². The number of thioether (sulfide) groups is 1. The van der Waals surface area contributed by atoms with Crippen molar-refractivity contribution in [1.82, 2.24) is 9.38 Å². The smallest absolute Gasteiger partial charge is 0.322 e. The molecular weight excluding hydrogens is 286 g/mol. The van der Waals surface area contributed by atoms with Gasteiger partial charge in [0.1, 0.15) is 11.7 Å². The van der Waals surface area contributed by atoms with Crippen LogP contribution in [0.2, 0.25) is 0 Å². The van der Waals surface area contributed by atoms with Crippen LogP contribution in [0.1, 0.15) is 24.6 Å². The third-order valence-corrected chi connectivity index (χ3v) is 4.16. The predicted octanol–water partition coefficient (Wildman–Crippen LogP) is 2.16. The van der Waals surface area contributed by atoms with Crippen LogP contribution >= 0.6 is 11.8 Å². The van der Waals surface area contributed by atoms with E-state index in [-0.39, 0.29) is 5.97 Å². The average Bonchev–Trinajstić information content (AvgIpc) is 2.88. The number of imidazole rings is 1. The number of pyridine rings is 1. The fourth-order valence-corrected chi connectivity index (χ4v) is 2.94. The molecule has 0 radical (unpaired) electrons. The van der Waals surface area contributed by atoms with Crippen LogP contribution in [0.15, 0.2) is 24.5 Å². The molecule has 1 atom stereocenters. The number of nitrogens with two attached hydrogens (primary N) is 1. The van der Waals surface area contributed by atoms with Crippen molar-refractivity contribution in [3.63, 3.8) is 0 Å². The number of rotatable bonds is 7. The minimum absolute atomic E-state index is 0.318. The molecule has 0 aromatic carbocycles. The predicted molar refractivity (Wildman–Crippen MR) is 85.3 cm³/mol. The minimum atomic E-state index is -0.527. The average molecular weight is 307 g/mol. The van der Waals surface area contributed by atoms with Gasteiger partial charge in [-0.25, -0.2) is 4.98 Å². The number of aromatic nitrogens is 2. The maximum Gasteiger partial charge on any atom is 0.322 e. The van der Waals surface area contributed by atoms with E-state index in [2.05, 4.69) is 18.0 Å². The molecule has 0 fully saturated rings. The Morgan fingerprint density at radius 2 is 2.38 bits per heavy atom. The van der Waals surface area contributed by atoms with Crippen molar-refractivity contribution in [2.24, 2.45) is 5.73 Å². The van der Waals surface area contributed by atoms with Crippen molar-refractivity contribution in [1.29, 1.82) is 0 Å². The first-order valence-corrected chi connectivity index (χ1v) is 8.20. The molecular formula is C15H21N3O2S. The van der Waals surface area contributed by atoms with E-state index in [1.54, 1.807) is 18.7 Å². The van der Waals surface area contributed by atoms with Crippen molar-refractivity contribution in [2.75, 3.05) is 12.4 Å². The summed E-state index contributed by atoms with van der Waals surface area (Å²) in [4.78, 5) is 16.0. The zero-order valence-electron chi connectivity index (χ0n) is 12.4. The minimum Gasteiger partial charge on any atom is -0.465 e. The quantitative estimate of drug-likeness (QED) is 0.627. The molecule has 2 N–H and O–H groups in total. The second-order valence-corrected chi connectivity index (χ2v) is 5.96. The summed E-state index contributed by atoms with van der Waals surface area (Å²) in [5.41, 5.74) is 8.96. The number of hydrogen-bond acceptors (Lipinski definition) is 5. The van der Waals surface area contributed by atoms with E-state index >= 15 is 0 Å². The van der Waals surface area contributed by atoms with Crippen LogP contribution in [0.5, 0.6) is 0 Å². The zero-order valence-corrected chi connectivity index (χ0v) is 13.2. The molecule has 2 heterocycles. The van der Waals surface area contributed by atoms with Gasteiger partial charge < -0.3 is 14.9 Å². The molecule has 0 amide bonds. The SMILES string of the molecule is CCOC(=O)C(N)CCSCc1cn2cccc(C)c2n1. The Balaban J connectivity index is 1.80. The van der Waals surface area contributed by atoms with Gasteiger partial charge in [0.2, 0.25) is 0 Å². The van der Waals surface area contributed by atoms with E-state index in [1.165, 1.54) is 0 Å². The standard InChI is InChI=1S/C15H21N3O2S/c1-3-20-15(19)13(16)6-8-21-10-12-9-18-7-4-5-11(2)14(18)17-12/h4-5,7,9,13H,3,6,8,10,16H2,1-2H3. The van der Waals surface area contributed by atoms with Crippen LogP contribution in [-0.4, -0.2) is 33.8 Å². The second kappa shape index (κ2) is 7.47. The van der Waals surface area contributed by atoms with Crippen LogP contribution in [0.3, 0.4) is 0 Å². The number of fused-ring (bicyclic) bond motifs is 1. The molecule has 2 aromatic heterocycles. The van der Waals surface area contributed by atoms with Crippen LogP contribution in [0.25, 0.3) is 5.65 Å². The molecule has 2 aromatic rings. The number of ether oxygens (including phenoxy) is 1. The molecule has 0 saturated heterocycles. The first kappa shape index (κ1) is 15.9. The summed E-state index contributed by atoms with van der Waals surface area (Å²) in [6, 6.07) is 3.54. The summed E-state index contributed by atoms with van der Waals surface area (Å²) in [6.07, 6.45) is 4.66. The highest BCUT2D eigenvalue weighted by atomic mass is 32.2. The number of carbonyl (C=O) groups excluding carboxylic acids is 1. The van der Waals surface area contributed by atoms with E-state index in [0.717, 1.165) is 28.4 Å². The van der Waals surface area contributed by atoms with E-state index in [1.807, 2.05) is 22.9 Å². The second-order valence-electron chi connectivity index (χ2n) is 4.85. The Morgan fingerprint density at radius 1 is 1.57 bits per heavy atom. The van der Waals surface area contributed by atoms with Gasteiger partial charge in [0, 0.05) is 18.1 Å². The van der Waals surface area contributed by atoms with Crippen LogP contribution in [0, 0.1) is 6.92 Å². The third kappa shape index (κ3) is 4.22. The monoisotopic (exact) mass is 307 g/mol. The maximum atomic E-state index is 11.4. The molecule has 0 aliphatic rings.